The van der Waals surface area contributed by atoms with Gasteiger partial charge in [-0.25, -0.2) is 4.98 Å². The summed E-state index contributed by atoms with van der Waals surface area (Å²) >= 11 is 1.74. The van der Waals surface area contributed by atoms with Crippen LogP contribution in [0.2, 0.25) is 0 Å². The van der Waals surface area contributed by atoms with E-state index in [0.29, 0.717) is 5.92 Å². The minimum Gasteiger partial charge on any atom is -0.393 e. The van der Waals surface area contributed by atoms with Crippen molar-refractivity contribution >= 4 is 11.3 Å². The van der Waals surface area contributed by atoms with Crippen molar-refractivity contribution in [2.24, 2.45) is 11.8 Å². The Morgan fingerprint density at radius 1 is 1.47 bits per heavy atom. The topological polar surface area (TPSA) is 33.1 Å². The molecular weight excluding hydrogens is 230 g/mol. The van der Waals surface area contributed by atoms with Crippen molar-refractivity contribution in [2.45, 2.75) is 58.5 Å². The number of aromatic nitrogens is 1. The molecule has 2 nitrogen and oxygen atoms in total. The van der Waals surface area contributed by atoms with Gasteiger partial charge in [0.15, 0.2) is 0 Å². The first-order valence-electron chi connectivity index (χ1n) is 6.78. The highest BCUT2D eigenvalue weighted by Crippen LogP contribution is 2.34. The van der Waals surface area contributed by atoms with Gasteiger partial charge in [-0.3, -0.25) is 0 Å². The Labute approximate surface area is 108 Å². The van der Waals surface area contributed by atoms with Crippen LogP contribution in [0.4, 0.5) is 0 Å². The molecule has 17 heavy (non-hydrogen) atoms. The van der Waals surface area contributed by atoms with Crippen LogP contribution in [0.1, 0.15) is 49.7 Å². The molecule has 3 unspecified atom stereocenters. The lowest BCUT2D eigenvalue weighted by atomic mass is 9.76. The van der Waals surface area contributed by atoms with E-state index < -0.39 is 0 Å². The van der Waals surface area contributed by atoms with E-state index >= 15 is 0 Å². The van der Waals surface area contributed by atoms with Crippen LogP contribution in [0.15, 0.2) is 5.38 Å². The van der Waals surface area contributed by atoms with Gasteiger partial charge >= 0.3 is 0 Å². The Bertz CT molecular complexity index is 350. The molecule has 96 valence electrons. The van der Waals surface area contributed by atoms with Crippen molar-refractivity contribution in [1.82, 2.24) is 4.98 Å². The third-order valence-electron chi connectivity index (χ3n) is 3.85. The number of hydrogen-bond acceptors (Lipinski definition) is 3. The molecule has 1 aromatic heterocycles. The average Bonchev–Trinajstić information content (AvgIpc) is 2.69. The van der Waals surface area contributed by atoms with Gasteiger partial charge in [0.25, 0.3) is 0 Å². The van der Waals surface area contributed by atoms with E-state index in [1.165, 1.54) is 30.7 Å². The van der Waals surface area contributed by atoms with E-state index in [1.807, 2.05) is 6.92 Å². The van der Waals surface area contributed by atoms with Crippen LogP contribution >= 0.6 is 11.3 Å². The van der Waals surface area contributed by atoms with Gasteiger partial charge in [-0.1, -0.05) is 19.8 Å². The van der Waals surface area contributed by atoms with E-state index in [2.05, 4.69) is 17.3 Å². The zero-order chi connectivity index (χ0) is 12.3. The molecule has 1 aliphatic rings. The Morgan fingerprint density at radius 2 is 2.29 bits per heavy atom. The third-order valence-corrected chi connectivity index (χ3v) is 4.84. The van der Waals surface area contributed by atoms with E-state index in [0.717, 1.165) is 24.5 Å². The Kier molecular flexibility index (Phi) is 4.57. The molecule has 1 aromatic rings. The largest absolute Gasteiger partial charge is 0.393 e. The Hall–Kier alpha value is -0.410. The van der Waals surface area contributed by atoms with Crippen LogP contribution in [-0.4, -0.2) is 16.2 Å². The predicted molar refractivity (Wildman–Crippen MR) is 72.3 cm³/mol. The summed E-state index contributed by atoms with van der Waals surface area (Å²) in [7, 11) is 0. The van der Waals surface area contributed by atoms with E-state index in [1.54, 1.807) is 11.3 Å². The normalized spacial score (nSPS) is 29.5. The fraction of sp³-hybridized carbons (Fsp3) is 0.786. The van der Waals surface area contributed by atoms with Crippen molar-refractivity contribution in [2.75, 3.05) is 0 Å². The second-order valence-corrected chi connectivity index (χ2v) is 6.32. The number of rotatable bonds is 4. The van der Waals surface area contributed by atoms with Gasteiger partial charge in [-0.2, -0.15) is 0 Å². The first-order valence-corrected chi connectivity index (χ1v) is 7.66. The molecule has 3 heteroatoms. The molecule has 1 aliphatic carbocycles. The first-order chi connectivity index (χ1) is 8.19. The zero-order valence-corrected chi connectivity index (χ0v) is 11.7. The number of hydrogen-bond donors (Lipinski definition) is 1. The molecule has 0 aliphatic heterocycles. The lowest BCUT2D eigenvalue weighted by molar-refractivity contribution is 0.0462. The zero-order valence-electron chi connectivity index (χ0n) is 10.9. The number of nitrogens with zero attached hydrogens (tertiary/aromatic N) is 1. The fourth-order valence-electron chi connectivity index (χ4n) is 2.96. The molecule has 0 spiro atoms. The molecule has 1 heterocycles. The predicted octanol–water partition coefficient (Wildman–Crippen LogP) is 3.57. The number of aliphatic hydroxyl groups excluding tert-OH is 1. The number of aryl methyl sites for hydroxylation is 1. The summed E-state index contributed by atoms with van der Waals surface area (Å²) < 4.78 is 0. The van der Waals surface area contributed by atoms with Crippen LogP contribution in [0, 0.1) is 18.8 Å². The molecule has 0 aromatic carbocycles. The van der Waals surface area contributed by atoms with Crippen molar-refractivity contribution in [3.63, 3.8) is 0 Å². The van der Waals surface area contributed by atoms with Crippen LogP contribution in [-0.2, 0) is 6.42 Å². The summed E-state index contributed by atoms with van der Waals surface area (Å²) in [6.45, 7) is 4.29. The third kappa shape index (κ3) is 3.52. The van der Waals surface area contributed by atoms with Crippen molar-refractivity contribution in [3.05, 3.63) is 16.1 Å². The van der Waals surface area contributed by atoms with Gasteiger partial charge in [0, 0.05) is 17.5 Å². The summed E-state index contributed by atoms with van der Waals surface area (Å²) in [5, 5.41) is 13.4. The molecular formula is C14H23NOS. The Morgan fingerprint density at radius 3 is 2.94 bits per heavy atom. The summed E-state index contributed by atoms with van der Waals surface area (Å²) in [6, 6.07) is 0. The molecule has 1 fully saturated rings. The van der Waals surface area contributed by atoms with E-state index in [9.17, 15) is 5.11 Å². The van der Waals surface area contributed by atoms with Gasteiger partial charge in [-0.05, 0) is 38.0 Å². The monoisotopic (exact) mass is 253 g/mol. The molecule has 0 saturated heterocycles. The van der Waals surface area contributed by atoms with Crippen molar-refractivity contribution in [1.29, 1.82) is 0 Å². The average molecular weight is 253 g/mol. The molecule has 3 atom stereocenters. The fourth-order valence-corrected chi connectivity index (χ4v) is 3.82. The molecule has 0 amide bonds. The van der Waals surface area contributed by atoms with Gasteiger partial charge < -0.3 is 5.11 Å². The minimum atomic E-state index is -0.104. The minimum absolute atomic E-state index is 0.104. The van der Waals surface area contributed by atoms with Crippen molar-refractivity contribution in [3.8, 4) is 0 Å². The lowest BCUT2D eigenvalue weighted by Crippen LogP contribution is -2.30. The summed E-state index contributed by atoms with van der Waals surface area (Å²) in [4.78, 5) is 4.52. The maximum absolute atomic E-state index is 10.1. The highest BCUT2D eigenvalue weighted by atomic mass is 32.1. The number of aliphatic hydroxyl groups is 1. The van der Waals surface area contributed by atoms with Gasteiger partial charge in [-0.15, -0.1) is 11.3 Å². The van der Waals surface area contributed by atoms with Crippen molar-refractivity contribution < 1.29 is 5.11 Å². The highest BCUT2D eigenvalue weighted by molar-refractivity contribution is 7.09. The smallest absolute Gasteiger partial charge is 0.0931 e. The first kappa shape index (κ1) is 13.0. The van der Waals surface area contributed by atoms with Gasteiger partial charge in [0.05, 0.1) is 11.1 Å². The maximum Gasteiger partial charge on any atom is 0.0931 e. The second kappa shape index (κ2) is 5.96. The molecule has 1 N–H and O–H groups in total. The second-order valence-electron chi connectivity index (χ2n) is 5.38. The summed E-state index contributed by atoms with van der Waals surface area (Å²) in [6.07, 6.45) is 6.84. The standard InChI is InChI=1S/C14H23NOS/c1-3-4-11-5-6-13(16)12(7-11)8-14-15-10(2)9-17-14/h9,11-13,16H,3-8H2,1-2H3. The molecule has 2 rings (SSSR count). The van der Waals surface area contributed by atoms with Crippen LogP contribution in [0.3, 0.4) is 0 Å². The quantitative estimate of drug-likeness (QED) is 0.890. The maximum atomic E-state index is 10.1. The van der Waals surface area contributed by atoms with E-state index in [4.69, 9.17) is 0 Å². The molecule has 0 radical (unpaired) electrons. The lowest BCUT2D eigenvalue weighted by Gasteiger charge is -2.32. The van der Waals surface area contributed by atoms with Crippen LogP contribution in [0.5, 0.6) is 0 Å². The molecule has 1 saturated carbocycles. The highest BCUT2D eigenvalue weighted by Gasteiger charge is 2.29. The van der Waals surface area contributed by atoms with E-state index in [-0.39, 0.29) is 6.10 Å². The van der Waals surface area contributed by atoms with Crippen LogP contribution in [0.25, 0.3) is 0 Å². The number of thiazole rings is 1. The van der Waals surface area contributed by atoms with Crippen LogP contribution < -0.4 is 0 Å². The Balaban J connectivity index is 1.93. The SMILES string of the molecule is CCCC1CCC(O)C(Cc2nc(C)cs2)C1. The van der Waals surface area contributed by atoms with Gasteiger partial charge in [0.2, 0.25) is 0 Å². The van der Waals surface area contributed by atoms with Gasteiger partial charge in [0.1, 0.15) is 0 Å². The molecule has 0 bridgehead atoms. The summed E-state index contributed by atoms with van der Waals surface area (Å²) in [5.74, 6) is 1.26. The summed E-state index contributed by atoms with van der Waals surface area (Å²) in [5.41, 5.74) is 1.11.